The van der Waals surface area contributed by atoms with E-state index < -0.39 is 5.92 Å². The molecule has 0 spiro atoms. The number of benzene rings is 2. The molecule has 1 amide bonds. The van der Waals surface area contributed by atoms with Crippen LogP contribution in [0.25, 0.3) is 16.8 Å². The number of anilines is 1. The topological polar surface area (TPSA) is 86.9 Å². The van der Waals surface area contributed by atoms with E-state index in [0.29, 0.717) is 28.7 Å². The molecule has 1 atom stereocenters. The van der Waals surface area contributed by atoms with Crippen molar-refractivity contribution < 1.29 is 14.3 Å². The third kappa shape index (κ3) is 2.50. The van der Waals surface area contributed by atoms with E-state index in [9.17, 15) is 9.59 Å². The number of carbonyl (C=O) groups excluding carboxylic acids is 1. The molecule has 2 aromatic heterocycles. The van der Waals surface area contributed by atoms with Crippen LogP contribution in [0.15, 0.2) is 47.3 Å². The van der Waals surface area contributed by atoms with Gasteiger partial charge in [0.05, 0.1) is 30.8 Å². The number of imidazole rings is 1. The lowest BCUT2D eigenvalue weighted by Gasteiger charge is -2.27. The zero-order valence-electron chi connectivity index (χ0n) is 16.8. The number of hydrogen-bond donors (Lipinski definition) is 1. The highest BCUT2D eigenvalue weighted by Crippen LogP contribution is 2.39. The minimum Gasteiger partial charge on any atom is -0.493 e. The monoisotopic (exact) mass is 404 g/mol. The van der Waals surface area contributed by atoms with Crippen LogP contribution in [0.3, 0.4) is 0 Å². The molecule has 0 saturated heterocycles. The lowest BCUT2D eigenvalue weighted by molar-refractivity contribution is -0.116. The smallest absolute Gasteiger partial charge is 0.260 e. The number of methoxy groups -OCH3 is 2. The van der Waals surface area contributed by atoms with Crippen molar-refractivity contribution in [3.8, 4) is 11.5 Å². The Morgan fingerprint density at radius 3 is 2.60 bits per heavy atom. The van der Waals surface area contributed by atoms with Gasteiger partial charge < -0.3 is 14.8 Å². The van der Waals surface area contributed by atoms with Gasteiger partial charge >= 0.3 is 0 Å². The zero-order valence-corrected chi connectivity index (χ0v) is 16.8. The molecule has 3 heterocycles. The van der Waals surface area contributed by atoms with Crippen LogP contribution in [0.2, 0.25) is 0 Å². The number of fused-ring (bicyclic) bond motifs is 5. The van der Waals surface area contributed by atoms with Crippen molar-refractivity contribution >= 4 is 28.5 Å². The van der Waals surface area contributed by atoms with Crippen molar-refractivity contribution in [3.05, 3.63) is 63.9 Å². The average Bonchev–Trinajstić information content (AvgIpc) is 3.16. The summed E-state index contributed by atoms with van der Waals surface area (Å²) in [5.41, 5.74) is 2.73. The summed E-state index contributed by atoms with van der Waals surface area (Å²) in [6.45, 7) is 0. The number of hydrogen-bond acceptors (Lipinski definition) is 5. The van der Waals surface area contributed by atoms with E-state index >= 15 is 0 Å². The van der Waals surface area contributed by atoms with Crippen LogP contribution >= 0.6 is 0 Å². The molecule has 0 saturated carbocycles. The number of aromatic nitrogens is 3. The zero-order chi connectivity index (χ0) is 21.0. The molecule has 1 unspecified atom stereocenters. The maximum absolute atomic E-state index is 13.4. The lowest BCUT2D eigenvalue weighted by Crippen LogP contribution is -2.35. The summed E-state index contributed by atoms with van der Waals surface area (Å²) >= 11 is 0. The van der Waals surface area contributed by atoms with Crippen LogP contribution < -0.4 is 20.3 Å². The number of rotatable bonds is 3. The van der Waals surface area contributed by atoms with Crippen LogP contribution in [-0.4, -0.2) is 34.1 Å². The van der Waals surface area contributed by atoms with E-state index in [2.05, 4.69) is 10.3 Å². The normalized spacial score (nSPS) is 15.8. The fourth-order valence-corrected chi connectivity index (χ4v) is 4.21. The molecule has 2 aromatic carbocycles. The van der Waals surface area contributed by atoms with Crippen LogP contribution in [0.4, 0.5) is 5.82 Å². The largest absolute Gasteiger partial charge is 0.493 e. The fourth-order valence-electron chi connectivity index (χ4n) is 4.21. The summed E-state index contributed by atoms with van der Waals surface area (Å²) < 4.78 is 14.1. The highest BCUT2D eigenvalue weighted by molar-refractivity contribution is 5.96. The molecule has 8 heteroatoms. The highest BCUT2D eigenvalue weighted by atomic mass is 16.5. The molecule has 1 N–H and O–H groups in total. The Balaban J connectivity index is 1.83. The maximum Gasteiger partial charge on any atom is 0.260 e. The molecule has 4 aromatic rings. The van der Waals surface area contributed by atoms with Gasteiger partial charge in [-0.1, -0.05) is 18.2 Å². The van der Waals surface area contributed by atoms with Gasteiger partial charge in [0.15, 0.2) is 11.5 Å². The van der Waals surface area contributed by atoms with Crippen LogP contribution in [0.5, 0.6) is 11.5 Å². The third-order valence-electron chi connectivity index (χ3n) is 5.66. The van der Waals surface area contributed by atoms with Gasteiger partial charge in [0.1, 0.15) is 5.82 Å². The van der Waals surface area contributed by atoms with E-state index in [0.717, 1.165) is 16.6 Å². The quantitative estimate of drug-likeness (QED) is 0.567. The molecular formula is C22H20N4O4. The van der Waals surface area contributed by atoms with E-state index in [1.165, 1.54) is 4.57 Å². The van der Waals surface area contributed by atoms with Crippen molar-refractivity contribution in [2.24, 2.45) is 7.05 Å². The molecule has 152 valence electrons. The van der Waals surface area contributed by atoms with Crippen LogP contribution in [-0.2, 0) is 11.8 Å². The van der Waals surface area contributed by atoms with Crippen LogP contribution in [0, 0.1) is 0 Å². The third-order valence-corrected chi connectivity index (χ3v) is 5.66. The minimum atomic E-state index is -0.419. The summed E-state index contributed by atoms with van der Waals surface area (Å²) in [6.07, 6.45) is 0.163. The predicted molar refractivity (Wildman–Crippen MR) is 113 cm³/mol. The Labute approximate surface area is 171 Å². The van der Waals surface area contributed by atoms with E-state index in [1.54, 1.807) is 27.3 Å². The first-order chi connectivity index (χ1) is 14.5. The van der Waals surface area contributed by atoms with Gasteiger partial charge in [-0.3, -0.25) is 18.6 Å². The SMILES string of the molecule is COc1ccc(C2CC(=O)Nc3c2c(=O)n(C)c2nc4ccccc4n32)cc1OC. The van der Waals surface area contributed by atoms with Gasteiger partial charge in [0.25, 0.3) is 5.56 Å². The Morgan fingerprint density at radius 1 is 1.07 bits per heavy atom. The van der Waals surface area contributed by atoms with Crippen molar-refractivity contribution in [2.75, 3.05) is 19.5 Å². The van der Waals surface area contributed by atoms with Crippen molar-refractivity contribution in [2.45, 2.75) is 12.3 Å². The summed E-state index contributed by atoms with van der Waals surface area (Å²) in [5.74, 6) is 1.51. The fraction of sp³-hybridized carbons (Fsp3) is 0.227. The number of ether oxygens (including phenoxy) is 2. The molecule has 1 aliphatic rings. The summed E-state index contributed by atoms with van der Waals surface area (Å²) in [5, 5.41) is 2.91. The summed E-state index contributed by atoms with van der Waals surface area (Å²) in [4.78, 5) is 30.6. The summed E-state index contributed by atoms with van der Waals surface area (Å²) in [6, 6.07) is 13.1. The lowest BCUT2D eigenvalue weighted by atomic mass is 9.86. The first-order valence-corrected chi connectivity index (χ1v) is 9.55. The molecule has 1 aliphatic heterocycles. The second-order valence-electron chi connectivity index (χ2n) is 7.28. The second kappa shape index (κ2) is 6.62. The standard InChI is InChI=1S/C22H20N4O4/c1-25-21(28)19-13(12-8-9-16(29-2)17(10-12)30-3)11-18(27)24-20(19)26-15-7-5-4-6-14(15)23-22(25)26/h4-10,13H,11H2,1-3H3,(H,24,27). The number of carbonyl (C=O) groups is 1. The predicted octanol–water partition coefficient (Wildman–Crippen LogP) is 2.68. The Bertz CT molecular complexity index is 1390. The molecule has 0 fully saturated rings. The van der Waals surface area contributed by atoms with Gasteiger partial charge in [-0.05, 0) is 29.8 Å². The molecule has 8 nitrogen and oxygen atoms in total. The highest BCUT2D eigenvalue weighted by Gasteiger charge is 2.33. The van der Waals surface area contributed by atoms with E-state index in [4.69, 9.17) is 9.47 Å². The molecule has 0 radical (unpaired) electrons. The number of nitrogens with one attached hydrogen (secondary N) is 1. The van der Waals surface area contributed by atoms with E-state index in [-0.39, 0.29) is 17.9 Å². The first-order valence-electron chi connectivity index (χ1n) is 9.55. The van der Waals surface area contributed by atoms with Gasteiger partial charge in [-0.15, -0.1) is 0 Å². The Hall–Kier alpha value is -3.81. The molecule has 5 rings (SSSR count). The summed E-state index contributed by atoms with van der Waals surface area (Å²) in [7, 11) is 4.83. The van der Waals surface area contributed by atoms with Crippen molar-refractivity contribution in [1.82, 2.24) is 14.0 Å². The van der Waals surface area contributed by atoms with Gasteiger partial charge in [-0.25, -0.2) is 4.98 Å². The van der Waals surface area contributed by atoms with Crippen molar-refractivity contribution in [1.29, 1.82) is 0 Å². The molecule has 0 bridgehead atoms. The van der Waals surface area contributed by atoms with Gasteiger partial charge in [0, 0.05) is 19.4 Å². The number of nitrogens with zero attached hydrogens (tertiary/aromatic N) is 3. The number of para-hydroxylation sites is 2. The second-order valence-corrected chi connectivity index (χ2v) is 7.28. The first kappa shape index (κ1) is 18.2. The van der Waals surface area contributed by atoms with E-state index in [1.807, 2.05) is 40.8 Å². The Morgan fingerprint density at radius 2 is 1.83 bits per heavy atom. The molecule has 0 aliphatic carbocycles. The number of amides is 1. The molecular weight excluding hydrogens is 384 g/mol. The molecule has 30 heavy (non-hydrogen) atoms. The minimum absolute atomic E-state index is 0.158. The number of aryl methyl sites for hydroxylation is 1. The van der Waals surface area contributed by atoms with Gasteiger partial charge in [0.2, 0.25) is 11.7 Å². The van der Waals surface area contributed by atoms with Crippen LogP contribution in [0.1, 0.15) is 23.5 Å². The maximum atomic E-state index is 13.4. The Kier molecular flexibility index (Phi) is 4.02. The van der Waals surface area contributed by atoms with Crippen molar-refractivity contribution in [3.63, 3.8) is 0 Å². The average molecular weight is 404 g/mol. The van der Waals surface area contributed by atoms with Gasteiger partial charge in [-0.2, -0.15) is 0 Å².